The molecule has 2 unspecified atom stereocenters. The van der Waals surface area contributed by atoms with Gasteiger partial charge in [-0.15, -0.1) is 0 Å². The molecule has 4 aliphatic rings. The van der Waals surface area contributed by atoms with Crippen molar-refractivity contribution < 1.29 is 9.59 Å². The highest BCUT2D eigenvalue weighted by atomic mass is 16.2. The van der Waals surface area contributed by atoms with Gasteiger partial charge in [-0.1, -0.05) is 48.0 Å². The van der Waals surface area contributed by atoms with Crippen molar-refractivity contribution in [1.29, 1.82) is 0 Å². The van der Waals surface area contributed by atoms with Crippen molar-refractivity contribution in [2.24, 2.45) is 38.9 Å². The maximum Gasteiger partial charge on any atom is 0.226 e. The van der Waals surface area contributed by atoms with Crippen LogP contribution in [0.5, 0.6) is 0 Å². The minimum atomic E-state index is -0.261. The van der Waals surface area contributed by atoms with Gasteiger partial charge in [0.2, 0.25) is 5.91 Å². The van der Waals surface area contributed by atoms with E-state index in [9.17, 15) is 9.59 Å². The molecule has 0 radical (unpaired) electrons. The molecule has 4 fully saturated rings. The van der Waals surface area contributed by atoms with Crippen LogP contribution >= 0.6 is 0 Å². The summed E-state index contributed by atoms with van der Waals surface area (Å²) in [6, 6.07) is 0. The van der Waals surface area contributed by atoms with Crippen LogP contribution in [0.3, 0.4) is 0 Å². The van der Waals surface area contributed by atoms with E-state index >= 15 is 0 Å². The highest BCUT2D eigenvalue weighted by Gasteiger charge is 2.67. The van der Waals surface area contributed by atoms with Crippen LogP contribution in [-0.4, -0.2) is 18.2 Å². The summed E-state index contributed by atoms with van der Waals surface area (Å²) in [5.41, 5.74) is 0.232. The van der Waals surface area contributed by atoms with E-state index in [-0.39, 0.29) is 33.0 Å². The van der Waals surface area contributed by atoms with Crippen LogP contribution < -0.4 is 5.32 Å². The number of hydrogen-bond acceptors (Lipinski definition) is 2. The van der Waals surface area contributed by atoms with E-state index in [1.54, 1.807) is 0 Å². The fourth-order valence-corrected chi connectivity index (χ4v) is 8.32. The molecule has 158 valence electrons. The molecule has 1 N–H and O–H groups in total. The van der Waals surface area contributed by atoms with Gasteiger partial charge < -0.3 is 5.32 Å². The minimum absolute atomic E-state index is 0.0538. The Bertz CT molecular complexity index is 693. The number of nitrogens with one attached hydrogen (secondary N) is 1. The molecule has 2 bridgehead atoms. The first-order valence-corrected chi connectivity index (χ1v) is 11.7. The lowest BCUT2D eigenvalue weighted by atomic mass is 9.40. The second-order valence-electron chi connectivity index (χ2n) is 12.9. The summed E-state index contributed by atoms with van der Waals surface area (Å²) >= 11 is 0. The maximum atomic E-state index is 13.4. The molecule has 3 nitrogen and oxygen atoms in total. The quantitative estimate of drug-likeness (QED) is 0.678. The van der Waals surface area contributed by atoms with E-state index in [0.29, 0.717) is 17.6 Å². The van der Waals surface area contributed by atoms with E-state index in [1.165, 1.54) is 12.8 Å². The normalized spacial score (nSPS) is 48.0. The second-order valence-corrected chi connectivity index (χ2v) is 12.9. The number of fused-ring (bicyclic) bond motifs is 3. The third kappa shape index (κ3) is 2.82. The van der Waals surface area contributed by atoms with Gasteiger partial charge in [-0.2, -0.15) is 0 Å². The standard InChI is InChI=1S/C25H41NO2/c1-21(2,3)16-26-20(28)24(6)11-7-10-23(5)17(24)9-13-25-14-19(27)22(4,15-25)12-8-18(23)25/h17-18H,7-16H2,1-6H3,(H,26,28)/t17?,18?,22-,23+,24+,25-/m0/s1. The van der Waals surface area contributed by atoms with Crippen LogP contribution in [0.4, 0.5) is 0 Å². The van der Waals surface area contributed by atoms with Gasteiger partial charge in [0, 0.05) is 23.8 Å². The van der Waals surface area contributed by atoms with Crippen LogP contribution in [-0.2, 0) is 9.59 Å². The Morgan fingerprint density at radius 3 is 2.39 bits per heavy atom. The predicted octanol–water partition coefficient (Wildman–Crippen LogP) is 5.52. The Balaban J connectivity index is 1.62. The molecule has 0 aromatic heterocycles. The van der Waals surface area contributed by atoms with Crippen molar-refractivity contribution in [3.63, 3.8) is 0 Å². The fourth-order valence-electron chi connectivity index (χ4n) is 8.32. The summed E-state index contributed by atoms with van der Waals surface area (Å²) in [5, 5.41) is 3.31. The first-order chi connectivity index (χ1) is 12.8. The molecule has 6 atom stereocenters. The van der Waals surface area contributed by atoms with E-state index in [2.05, 4.69) is 46.9 Å². The highest BCUT2D eigenvalue weighted by Crippen LogP contribution is 2.72. The average Bonchev–Trinajstić information content (AvgIpc) is 2.76. The SMILES string of the molecule is CC(C)(C)CNC(=O)[C@]1(C)CCC[C@@]2(C)C3CC[C@@]4(C)C[C@]3(CCC21)CC4=O. The van der Waals surface area contributed by atoms with Crippen molar-refractivity contribution >= 4 is 11.7 Å². The van der Waals surface area contributed by atoms with Crippen molar-refractivity contribution in [2.45, 2.75) is 99.3 Å². The van der Waals surface area contributed by atoms with Gasteiger partial charge in [-0.3, -0.25) is 9.59 Å². The van der Waals surface area contributed by atoms with Gasteiger partial charge >= 0.3 is 0 Å². The predicted molar refractivity (Wildman–Crippen MR) is 113 cm³/mol. The number of carbonyl (C=O) groups is 2. The molecule has 0 saturated heterocycles. The summed E-state index contributed by atoms with van der Waals surface area (Å²) in [6.07, 6.45) is 9.84. The van der Waals surface area contributed by atoms with Crippen molar-refractivity contribution in [2.75, 3.05) is 6.54 Å². The number of Topliss-reactive ketones (excluding diaryl/α,β-unsaturated/α-hetero) is 1. The Labute approximate surface area is 171 Å². The summed E-state index contributed by atoms with van der Waals surface area (Å²) in [4.78, 5) is 26.3. The molecule has 1 spiro atoms. The summed E-state index contributed by atoms with van der Waals surface area (Å²) < 4.78 is 0. The van der Waals surface area contributed by atoms with Crippen LogP contribution in [0.25, 0.3) is 0 Å². The first kappa shape index (κ1) is 20.4. The molecule has 0 aromatic carbocycles. The third-order valence-electron chi connectivity index (χ3n) is 9.65. The summed E-state index contributed by atoms with van der Waals surface area (Å²) in [5.74, 6) is 1.87. The van der Waals surface area contributed by atoms with Gasteiger partial charge in [-0.25, -0.2) is 0 Å². The van der Waals surface area contributed by atoms with E-state index < -0.39 is 0 Å². The Morgan fingerprint density at radius 2 is 1.71 bits per heavy atom. The molecule has 0 aliphatic heterocycles. The zero-order chi connectivity index (χ0) is 20.6. The van der Waals surface area contributed by atoms with Gasteiger partial charge in [-0.05, 0) is 73.0 Å². The monoisotopic (exact) mass is 387 g/mol. The Hall–Kier alpha value is -0.860. The lowest BCUT2D eigenvalue weighted by Gasteiger charge is -2.64. The van der Waals surface area contributed by atoms with E-state index in [0.717, 1.165) is 51.5 Å². The molecule has 3 heteroatoms. The number of carbonyl (C=O) groups excluding carboxylic acids is 2. The molecule has 0 aromatic rings. The zero-order valence-corrected chi connectivity index (χ0v) is 19.0. The van der Waals surface area contributed by atoms with Gasteiger partial charge in [0.25, 0.3) is 0 Å². The number of ketones is 1. The fraction of sp³-hybridized carbons (Fsp3) is 0.920. The Kier molecular flexibility index (Phi) is 4.43. The third-order valence-corrected chi connectivity index (χ3v) is 9.65. The molecule has 4 saturated carbocycles. The average molecular weight is 388 g/mol. The van der Waals surface area contributed by atoms with Crippen LogP contribution in [0.15, 0.2) is 0 Å². The van der Waals surface area contributed by atoms with Gasteiger partial charge in [0.15, 0.2) is 0 Å². The molecule has 28 heavy (non-hydrogen) atoms. The summed E-state index contributed by atoms with van der Waals surface area (Å²) in [6.45, 7) is 14.2. The molecule has 4 aliphatic carbocycles. The molecular formula is C25H41NO2. The molecule has 4 rings (SSSR count). The van der Waals surface area contributed by atoms with Crippen molar-refractivity contribution in [3.05, 3.63) is 0 Å². The van der Waals surface area contributed by atoms with Crippen molar-refractivity contribution in [3.8, 4) is 0 Å². The molecule has 0 heterocycles. The lowest BCUT2D eigenvalue weighted by molar-refractivity contribution is -0.170. The number of hydrogen-bond donors (Lipinski definition) is 1. The van der Waals surface area contributed by atoms with Crippen molar-refractivity contribution in [1.82, 2.24) is 5.32 Å². The summed E-state index contributed by atoms with van der Waals surface area (Å²) in [7, 11) is 0. The largest absolute Gasteiger partial charge is 0.355 e. The number of rotatable bonds is 2. The van der Waals surface area contributed by atoms with Crippen LogP contribution in [0.2, 0.25) is 0 Å². The maximum absolute atomic E-state index is 13.4. The topological polar surface area (TPSA) is 46.2 Å². The molecular weight excluding hydrogens is 346 g/mol. The smallest absolute Gasteiger partial charge is 0.226 e. The second kappa shape index (κ2) is 6.08. The lowest BCUT2D eigenvalue weighted by Crippen LogP contribution is -2.60. The van der Waals surface area contributed by atoms with Gasteiger partial charge in [0.1, 0.15) is 5.78 Å². The van der Waals surface area contributed by atoms with Crippen LogP contribution in [0.1, 0.15) is 99.3 Å². The highest BCUT2D eigenvalue weighted by molar-refractivity contribution is 5.88. The number of amides is 1. The van der Waals surface area contributed by atoms with Gasteiger partial charge in [0.05, 0.1) is 0 Å². The minimum Gasteiger partial charge on any atom is -0.355 e. The van der Waals surface area contributed by atoms with E-state index in [4.69, 9.17) is 0 Å². The van der Waals surface area contributed by atoms with E-state index in [1.807, 2.05) is 0 Å². The first-order valence-electron chi connectivity index (χ1n) is 11.7. The molecule has 1 amide bonds. The Morgan fingerprint density at radius 1 is 1.04 bits per heavy atom. The zero-order valence-electron chi connectivity index (χ0n) is 19.0. The van der Waals surface area contributed by atoms with Crippen LogP contribution in [0, 0.1) is 38.9 Å².